The molecule has 1 unspecified atom stereocenters. The Kier molecular flexibility index (Phi) is 3.94. The molecule has 1 fully saturated rings. The number of rotatable bonds is 4. The third kappa shape index (κ3) is 2.81. The smallest absolute Gasteiger partial charge is 0.243 e. The molecular weight excluding hydrogens is 268 g/mol. The maximum absolute atomic E-state index is 12.3. The number of ether oxygens (including phenoxy) is 1. The van der Waals surface area contributed by atoms with Crippen LogP contribution in [0.4, 0.5) is 0 Å². The first-order valence-corrected chi connectivity index (χ1v) is 7.20. The van der Waals surface area contributed by atoms with Gasteiger partial charge in [-0.05, 0) is 36.2 Å². The summed E-state index contributed by atoms with van der Waals surface area (Å²) in [5.41, 5.74) is 8.37. The lowest BCUT2D eigenvalue weighted by Crippen LogP contribution is -2.29. The number of benzene rings is 1. The van der Waals surface area contributed by atoms with Gasteiger partial charge in [-0.25, -0.2) is 8.42 Å². The van der Waals surface area contributed by atoms with E-state index in [0.29, 0.717) is 18.7 Å². The lowest BCUT2D eigenvalue weighted by atomic mass is 10.3. The summed E-state index contributed by atoms with van der Waals surface area (Å²) >= 11 is 0. The number of azide groups is 1. The predicted molar refractivity (Wildman–Crippen MR) is 69.3 cm³/mol. The van der Waals surface area contributed by atoms with Gasteiger partial charge >= 0.3 is 0 Å². The quantitative estimate of drug-likeness (QED) is 0.478. The van der Waals surface area contributed by atoms with Crippen molar-refractivity contribution in [2.75, 3.05) is 20.2 Å². The van der Waals surface area contributed by atoms with Crippen molar-refractivity contribution in [3.05, 3.63) is 34.7 Å². The summed E-state index contributed by atoms with van der Waals surface area (Å²) in [4.78, 5) is 2.93. The standard InChI is InChI=1S/C11H14N4O3S/c1-18-10-2-4-11(5-3-10)19(16,17)15-7-6-9(8-15)13-14-12/h2-5,9H,6-8H2,1H3. The van der Waals surface area contributed by atoms with Gasteiger partial charge in [-0.15, -0.1) is 0 Å². The van der Waals surface area contributed by atoms with Gasteiger partial charge in [0.05, 0.1) is 18.0 Å². The van der Waals surface area contributed by atoms with E-state index in [2.05, 4.69) is 10.0 Å². The van der Waals surface area contributed by atoms with E-state index in [9.17, 15) is 8.42 Å². The zero-order valence-corrected chi connectivity index (χ0v) is 11.2. The molecule has 8 heteroatoms. The molecule has 1 aromatic carbocycles. The van der Waals surface area contributed by atoms with Gasteiger partial charge in [-0.1, -0.05) is 5.11 Å². The highest BCUT2D eigenvalue weighted by molar-refractivity contribution is 7.89. The molecule has 0 aliphatic carbocycles. The fourth-order valence-corrected chi connectivity index (χ4v) is 3.49. The van der Waals surface area contributed by atoms with Crippen molar-refractivity contribution < 1.29 is 13.2 Å². The molecule has 0 radical (unpaired) electrons. The van der Waals surface area contributed by atoms with E-state index in [0.717, 1.165) is 0 Å². The first-order chi connectivity index (χ1) is 9.07. The Labute approximate surface area is 111 Å². The third-order valence-electron chi connectivity index (χ3n) is 3.04. The molecule has 1 aromatic rings. The Hall–Kier alpha value is -1.76. The van der Waals surface area contributed by atoms with Crippen molar-refractivity contribution >= 4 is 10.0 Å². The molecule has 0 amide bonds. The van der Waals surface area contributed by atoms with E-state index in [1.807, 2.05) is 0 Å². The van der Waals surface area contributed by atoms with Crippen molar-refractivity contribution in [1.29, 1.82) is 0 Å². The SMILES string of the molecule is COc1ccc(S(=O)(=O)N2CCC(N=[N+]=[N-])C2)cc1. The molecule has 0 saturated carbocycles. The molecule has 1 saturated heterocycles. The Balaban J connectivity index is 2.20. The summed E-state index contributed by atoms with van der Waals surface area (Å²) in [5.74, 6) is 0.604. The minimum atomic E-state index is -3.52. The molecule has 19 heavy (non-hydrogen) atoms. The second-order valence-corrected chi connectivity index (χ2v) is 6.12. The van der Waals surface area contributed by atoms with Crippen molar-refractivity contribution in [2.45, 2.75) is 17.4 Å². The van der Waals surface area contributed by atoms with Crippen LogP contribution in [0.2, 0.25) is 0 Å². The first kappa shape index (κ1) is 13.7. The largest absolute Gasteiger partial charge is 0.497 e. The van der Waals surface area contributed by atoms with Crippen molar-refractivity contribution in [2.24, 2.45) is 5.11 Å². The van der Waals surface area contributed by atoms with Gasteiger partial charge in [0.1, 0.15) is 5.75 Å². The van der Waals surface area contributed by atoms with Crippen LogP contribution in [0.1, 0.15) is 6.42 Å². The molecule has 1 aliphatic rings. The normalized spacial score (nSPS) is 19.9. The average Bonchev–Trinajstić information content (AvgIpc) is 2.89. The molecule has 1 aliphatic heterocycles. The van der Waals surface area contributed by atoms with Crippen LogP contribution >= 0.6 is 0 Å². The zero-order valence-electron chi connectivity index (χ0n) is 10.4. The maximum atomic E-state index is 12.3. The van der Waals surface area contributed by atoms with Gasteiger partial charge in [0.25, 0.3) is 0 Å². The second-order valence-electron chi connectivity index (χ2n) is 4.19. The van der Waals surface area contributed by atoms with E-state index in [-0.39, 0.29) is 17.5 Å². The van der Waals surface area contributed by atoms with Crippen molar-refractivity contribution in [1.82, 2.24) is 4.31 Å². The minimum absolute atomic E-state index is 0.217. The summed E-state index contributed by atoms with van der Waals surface area (Å²) in [6.07, 6.45) is 0.555. The molecule has 102 valence electrons. The van der Waals surface area contributed by atoms with E-state index < -0.39 is 10.0 Å². The fourth-order valence-electron chi connectivity index (χ4n) is 1.99. The van der Waals surface area contributed by atoms with Gasteiger partial charge in [0.2, 0.25) is 10.0 Å². The predicted octanol–water partition coefficient (Wildman–Crippen LogP) is 1.77. The molecule has 7 nitrogen and oxygen atoms in total. The van der Waals surface area contributed by atoms with Crippen LogP contribution in [0.15, 0.2) is 34.3 Å². The molecule has 0 aromatic heterocycles. The third-order valence-corrected chi connectivity index (χ3v) is 4.92. The Morgan fingerprint density at radius 2 is 2.11 bits per heavy atom. The lowest BCUT2D eigenvalue weighted by molar-refractivity contribution is 0.414. The number of hydrogen-bond acceptors (Lipinski definition) is 4. The van der Waals surface area contributed by atoms with Crippen LogP contribution in [-0.2, 0) is 10.0 Å². The van der Waals surface area contributed by atoms with Crippen LogP contribution in [0.3, 0.4) is 0 Å². The molecule has 2 rings (SSSR count). The van der Waals surface area contributed by atoms with E-state index in [4.69, 9.17) is 10.3 Å². The second kappa shape index (κ2) is 5.48. The van der Waals surface area contributed by atoms with Gasteiger partial charge in [0, 0.05) is 18.0 Å². The average molecular weight is 282 g/mol. The highest BCUT2D eigenvalue weighted by Gasteiger charge is 2.31. The monoisotopic (exact) mass is 282 g/mol. The van der Waals surface area contributed by atoms with Gasteiger partial charge in [-0.2, -0.15) is 4.31 Å². The fraction of sp³-hybridized carbons (Fsp3) is 0.455. The minimum Gasteiger partial charge on any atom is -0.497 e. The summed E-state index contributed by atoms with van der Waals surface area (Å²) in [7, 11) is -2.00. The number of nitrogens with zero attached hydrogens (tertiary/aromatic N) is 4. The summed E-state index contributed by atoms with van der Waals surface area (Å²) in [6, 6.07) is 5.95. The summed E-state index contributed by atoms with van der Waals surface area (Å²) in [6.45, 7) is 0.608. The molecular formula is C11H14N4O3S. The maximum Gasteiger partial charge on any atom is 0.243 e. The van der Waals surface area contributed by atoms with E-state index in [1.165, 1.54) is 23.5 Å². The van der Waals surface area contributed by atoms with Crippen LogP contribution in [0, 0.1) is 0 Å². The summed E-state index contributed by atoms with van der Waals surface area (Å²) in [5, 5.41) is 3.56. The molecule has 0 bridgehead atoms. The van der Waals surface area contributed by atoms with Crippen molar-refractivity contribution in [3.8, 4) is 5.75 Å². The Bertz CT molecular complexity index is 593. The van der Waals surface area contributed by atoms with Crippen LogP contribution < -0.4 is 4.74 Å². The number of sulfonamides is 1. The molecule has 0 spiro atoms. The van der Waals surface area contributed by atoms with E-state index in [1.54, 1.807) is 12.1 Å². The topological polar surface area (TPSA) is 95.4 Å². The van der Waals surface area contributed by atoms with Crippen LogP contribution in [0.5, 0.6) is 5.75 Å². The summed E-state index contributed by atoms with van der Waals surface area (Å²) < 4.78 is 31.0. The number of methoxy groups -OCH3 is 1. The number of hydrogen-bond donors (Lipinski definition) is 0. The zero-order chi connectivity index (χ0) is 13.9. The highest BCUT2D eigenvalue weighted by atomic mass is 32.2. The highest BCUT2D eigenvalue weighted by Crippen LogP contribution is 2.24. The van der Waals surface area contributed by atoms with Crippen LogP contribution in [0.25, 0.3) is 10.4 Å². The van der Waals surface area contributed by atoms with Gasteiger partial charge in [-0.3, -0.25) is 0 Å². The molecule has 0 N–H and O–H groups in total. The van der Waals surface area contributed by atoms with Crippen LogP contribution in [-0.4, -0.2) is 39.0 Å². The first-order valence-electron chi connectivity index (χ1n) is 5.76. The Morgan fingerprint density at radius 1 is 1.42 bits per heavy atom. The van der Waals surface area contributed by atoms with E-state index >= 15 is 0 Å². The molecule has 1 atom stereocenters. The van der Waals surface area contributed by atoms with Gasteiger partial charge < -0.3 is 4.74 Å². The van der Waals surface area contributed by atoms with Gasteiger partial charge in [0.15, 0.2) is 0 Å². The van der Waals surface area contributed by atoms with Crippen molar-refractivity contribution in [3.63, 3.8) is 0 Å². The molecule has 1 heterocycles. The Morgan fingerprint density at radius 3 is 2.68 bits per heavy atom. The lowest BCUT2D eigenvalue weighted by Gasteiger charge is -2.16.